The van der Waals surface area contributed by atoms with Crippen molar-refractivity contribution in [2.45, 2.75) is 39.3 Å². The molecule has 1 N–H and O–H groups in total. The molecule has 1 aliphatic heterocycles. The van der Waals surface area contributed by atoms with Crippen LogP contribution < -0.4 is 9.62 Å². The van der Waals surface area contributed by atoms with Crippen LogP contribution in [0.3, 0.4) is 0 Å². The number of carbonyl (C=O) groups excluding carboxylic acids is 1. The minimum Gasteiger partial charge on any atom is -0.376 e. The number of anilines is 1. The predicted molar refractivity (Wildman–Crippen MR) is 115 cm³/mol. The lowest BCUT2D eigenvalue weighted by Gasteiger charge is -2.26. The molecular weight excluding hydrogens is 388 g/mol. The summed E-state index contributed by atoms with van der Waals surface area (Å²) in [6.07, 6.45) is 3.32. The van der Waals surface area contributed by atoms with Crippen molar-refractivity contribution in [3.8, 4) is 0 Å². The molecule has 0 aromatic heterocycles. The predicted octanol–water partition coefficient (Wildman–Crippen LogP) is 3.18. The number of ether oxygens (including phenoxy) is 1. The minimum absolute atomic E-state index is 0.0962. The number of para-hydroxylation sites is 1. The fourth-order valence-corrected chi connectivity index (χ4v) is 4.61. The average Bonchev–Trinajstić information content (AvgIpc) is 3.18. The van der Waals surface area contributed by atoms with Crippen LogP contribution in [0.25, 0.3) is 0 Å². The summed E-state index contributed by atoms with van der Waals surface area (Å²) in [4.78, 5) is 12.3. The maximum atomic E-state index is 12.5. The molecule has 1 amide bonds. The third-order valence-corrected chi connectivity index (χ3v) is 6.26. The van der Waals surface area contributed by atoms with Gasteiger partial charge < -0.3 is 10.1 Å². The standard InChI is InChI=1S/C22H28N2O4S/c1-16-6-4-7-17(2)21(16)24(29(3,26)27)15-18-9-11-19(12-10-18)22(25)23-14-20-8-5-13-28-20/h4,6-7,9-12,20H,5,8,13-15H2,1-3H3,(H,23,25)/t20-/m0/s1. The van der Waals surface area contributed by atoms with Gasteiger partial charge in [-0.2, -0.15) is 0 Å². The van der Waals surface area contributed by atoms with Crippen molar-refractivity contribution in [1.29, 1.82) is 0 Å². The van der Waals surface area contributed by atoms with Gasteiger partial charge in [0.15, 0.2) is 0 Å². The van der Waals surface area contributed by atoms with Crippen molar-refractivity contribution < 1.29 is 17.9 Å². The van der Waals surface area contributed by atoms with Gasteiger partial charge in [0, 0.05) is 18.7 Å². The van der Waals surface area contributed by atoms with Crippen molar-refractivity contribution >= 4 is 21.6 Å². The van der Waals surface area contributed by atoms with Gasteiger partial charge in [-0.15, -0.1) is 0 Å². The molecule has 7 heteroatoms. The van der Waals surface area contributed by atoms with E-state index in [4.69, 9.17) is 4.74 Å². The molecular formula is C22H28N2O4S. The van der Waals surface area contributed by atoms with E-state index in [2.05, 4.69) is 5.32 Å². The summed E-state index contributed by atoms with van der Waals surface area (Å²) in [5.74, 6) is -0.151. The highest BCUT2D eigenvalue weighted by atomic mass is 32.2. The van der Waals surface area contributed by atoms with E-state index in [1.807, 2.05) is 32.0 Å². The van der Waals surface area contributed by atoms with Crippen molar-refractivity contribution in [3.63, 3.8) is 0 Å². The van der Waals surface area contributed by atoms with E-state index in [-0.39, 0.29) is 18.6 Å². The normalized spacial score (nSPS) is 16.6. The topological polar surface area (TPSA) is 75.7 Å². The highest BCUT2D eigenvalue weighted by molar-refractivity contribution is 7.92. The molecule has 0 radical (unpaired) electrons. The molecule has 0 unspecified atom stereocenters. The van der Waals surface area contributed by atoms with Gasteiger partial charge in [-0.1, -0.05) is 30.3 Å². The first-order valence-corrected chi connectivity index (χ1v) is 11.6. The smallest absolute Gasteiger partial charge is 0.251 e. The molecule has 29 heavy (non-hydrogen) atoms. The number of nitrogens with zero attached hydrogens (tertiary/aromatic N) is 1. The molecule has 0 spiro atoms. The lowest BCUT2D eigenvalue weighted by molar-refractivity contribution is 0.0858. The molecule has 1 heterocycles. The fourth-order valence-electron chi connectivity index (χ4n) is 3.60. The minimum atomic E-state index is -3.47. The maximum Gasteiger partial charge on any atom is 0.251 e. The lowest BCUT2D eigenvalue weighted by atomic mass is 10.1. The second-order valence-electron chi connectivity index (χ2n) is 7.55. The summed E-state index contributed by atoms with van der Waals surface area (Å²) in [6, 6.07) is 12.8. The Bertz CT molecular complexity index is 945. The fraction of sp³-hybridized carbons (Fsp3) is 0.409. The molecule has 0 aliphatic carbocycles. The second kappa shape index (κ2) is 8.97. The van der Waals surface area contributed by atoms with Gasteiger partial charge in [0.1, 0.15) is 0 Å². The third-order valence-electron chi connectivity index (χ3n) is 5.15. The molecule has 2 aromatic rings. The van der Waals surface area contributed by atoms with Crippen LogP contribution >= 0.6 is 0 Å². The number of amides is 1. The van der Waals surface area contributed by atoms with Crippen molar-refractivity contribution in [3.05, 3.63) is 64.7 Å². The van der Waals surface area contributed by atoms with Gasteiger partial charge in [-0.3, -0.25) is 9.10 Å². The first-order valence-electron chi connectivity index (χ1n) is 9.78. The maximum absolute atomic E-state index is 12.5. The van der Waals surface area contributed by atoms with Crippen LogP contribution in [-0.2, 0) is 21.3 Å². The first-order chi connectivity index (χ1) is 13.8. The van der Waals surface area contributed by atoms with E-state index in [1.54, 1.807) is 24.3 Å². The Kier molecular flexibility index (Phi) is 6.59. The third kappa shape index (κ3) is 5.36. The van der Waals surface area contributed by atoms with Gasteiger partial charge >= 0.3 is 0 Å². The van der Waals surface area contributed by atoms with Gasteiger partial charge in [-0.25, -0.2) is 8.42 Å². The van der Waals surface area contributed by atoms with Crippen LogP contribution in [0.1, 0.15) is 39.9 Å². The van der Waals surface area contributed by atoms with Gasteiger partial charge in [-0.05, 0) is 55.5 Å². The van der Waals surface area contributed by atoms with E-state index >= 15 is 0 Å². The number of sulfonamides is 1. The molecule has 6 nitrogen and oxygen atoms in total. The van der Waals surface area contributed by atoms with E-state index in [0.717, 1.165) is 36.1 Å². The van der Waals surface area contributed by atoms with Crippen LogP contribution in [0.4, 0.5) is 5.69 Å². The molecule has 1 aliphatic rings. The van der Waals surface area contributed by atoms with E-state index in [1.165, 1.54) is 10.6 Å². The Morgan fingerprint density at radius 1 is 1.14 bits per heavy atom. The SMILES string of the molecule is Cc1cccc(C)c1N(Cc1ccc(C(=O)NC[C@@H]2CCCO2)cc1)S(C)(=O)=O. The molecule has 156 valence electrons. The van der Waals surface area contributed by atoms with Gasteiger partial charge in [0.2, 0.25) is 10.0 Å². The molecule has 0 saturated carbocycles. The number of nitrogens with one attached hydrogen (secondary N) is 1. The van der Waals surface area contributed by atoms with E-state index in [9.17, 15) is 13.2 Å². The highest BCUT2D eigenvalue weighted by Crippen LogP contribution is 2.28. The molecule has 0 bridgehead atoms. The van der Waals surface area contributed by atoms with Crippen LogP contribution in [0.5, 0.6) is 0 Å². The highest BCUT2D eigenvalue weighted by Gasteiger charge is 2.22. The largest absolute Gasteiger partial charge is 0.376 e. The molecule has 3 rings (SSSR count). The Labute approximate surface area is 172 Å². The summed E-state index contributed by atoms with van der Waals surface area (Å²) >= 11 is 0. The Morgan fingerprint density at radius 3 is 2.34 bits per heavy atom. The number of hydrogen-bond donors (Lipinski definition) is 1. The average molecular weight is 417 g/mol. The zero-order valence-electron chi connectivity index (χ0n) is 17.1. The molecule has 2 aromatic carbocycles. The number of aryl methyl sites for hydroxylation is 2. The number of benzene rings is 2. The van der Waals surface area contributed by atoms with Gasteiger partial charge in [0.05, 0.1) is 24.6 Å². The summed E-state index contributed by atoms with van der Waals surface area (Å²) < 4.78 is 31.9. The zero-order valence-corrected chi connectivity index (χ0v) is 18.0. The van der Waals surface area contributed by atoms with Crippen LogP contribution in [-0.4, -0.2) is 39.8 Å². The summed E-state index contributed by atoms with van der Waals surface area (Å²) in [7, 11) is -3.47. The van der Waals surface area contributed by atoms with Crippen molar-refractivity contribution in [1.82, 2.24) is 5.32 Å². The quantitative estimate of drug-likeness (QED) is 0.752. The monoisotopic (exact) mass is 416 g/mol. The summed E-state index contributed by atoms with van der Waals surface area (Å²) in [6.45, 7) is 5.29. The first kappa shape index (κ1) is 21.3. The van der Waals surface area contributed by atoms with Crippen LogP contribution in [0, 0.1) is 13.8 Å². The second-order valence-corrected chi connectivity index (χ2v) is 9.46. The van der Waals surface area contributed by atoms with E-state index < -0.39 is 10.0 Å². The van der Waals surface area contributed by atoms with Gasteiger partial charge in [0.25, 0.3) is 5.91 Å². The molecule has 1 atom stereocenters. The number of carbonyl (C=O) groups is 1. The van der Waals surface area contributed by atoms with Crippen molar-refractivity contribution in [2.75, 3.05) is 23.7 Å². The zero-order chi connectivity index (χ0) is 21.0. The Hall–Kier alpha value is -2.38. The molecule has 1 fully saturated rings. The van der Waals surface area contributed by atoms with Crippen LogP contribution in [0.15, 0.2) is 42.5 Å². The number of hydrogen-bond acceptors (Lipinski definition) is 4. The summed E-state index contributed by atoms with van der Waals surface area (Å²) in [5, 5.41) is 2.90. The molecule has 1 saturated heterocycles. The van der Waals surface area contributed by atoms with Crippen molar-refractivity contribution in [2.24, 2.45) is 0 Å². The van der Waals surface area contributed by atoms with Crippen LogP contribution in [0.2, 0.25) is 0 Å². The lowest BCUT2D eigenvalue weighted by Crippen LogP contribution is -2.32. The summed E-state index contributed by atoms with van der Waals surface area (Å²) in [5.41, 5.74) is 3.87. The number of rotatable bonds is 7. The van der Waals surface area contributed by atoms with E-state index in [0.29, 0.717) is 17.8 Å². The Balaban J connectivity index is 1.73. The Morgan fingerprint density at radius 2 is 1.79 bits per heavy atom.